The van der Waals surface area contributed by atoms with Crippen molar-refractivity contribution in [2.45, 2.75) is 56.4 Å². The van der Waals surface area contributed by atoms with Gasteiger partial charge >= 0.3 is 0 Å². The molecule has 3 fully saturated rings. The van der Waals surface area contributed by atoms with E-state index in [0.29, 0.717) is 29.9 Å². The zero-order chi connectivity index (χ0) is 16.7. The van der Waals surface area contributed by atoms with E-state index in [9.17, 15) is 8.42 Å². The number of aromatic nitrogens is 1. The maximum absolute atomic E-state index is 12.6. The first kappa shape index (κ1) is 16.3. The molecule has 0 bridgehead atoms. The minimum atomic E-state index is -3.36. The predicted molar refractivity (Wildman–Crippen MR) is 94.5 cm³/mol. The van der Waals surface area contributed by atoms with E-state index in [1.54, 1.807) is 16.6 Å². The van der Waals surface area contributed by atoms with Crippen molar-refractivity contribution in [3.05, 3.63) is 18.3 Å². The second-order valence-electron chi connectivity index (χ2n) is 7.61. The zero-order valence-electron chi connectivity index (χ0n) is 14.4. The Labute approximate surface area is 145 Å². The molecule has 0 N–H and O–H groups in total. The van der Waals surface area contributed by atoms with Gasteiger partial charge in [0, 0.05) is 31.9 Å². The average Bonchev–Trinajstić information content (AvgIpc) is 3.25. The Hall–Kier alpha value is -1.14. The molecule has 5 nitrogen and oxygen atoms in total. The first-order valence-corrected chi connectivity index (χ1v) is 10.7. The molecular formula is C18H27N3O2S. The second kappa shape index (κ2) is 6.30. The third-order valence-electron chi connectivity index (χ3n) is 6.12. The summed E-state index contributed by atoms with van der Waals surface area (Å²) in [6, 6.07) is 4.24. The van der Waals surface area contributed by atoms with Gasteiger partial charge in [-0.25, -0.2) is 13.4 Å². The molecule has 1 aromatic heterocycles. The summed E-state index contributed by atoms with van der Waals surface area (Å²) in [5.41, 5.74) is 0. The smallest absolute Gasteiger partial charge is 0.244 e. The van der Waals surface area contributed by atoms with Crippen LogP contribution in [0.1, 0.15) is 45.4 Å². The lowest BCUT2D eigenvalue weighted by molar-refractivity contribution is 0.293. The van der Waals surface area contributed by atoms with Crippen molar-refractivity contribution in [3.63, 3.8) is 0 Å². The summed E-state index contributed by atoms with van der Waals surface area (Å²) in [4.78, 5) is 7.30. The van der Waals surface area contributed by atoms with Crippen molar-refractivity contribution in [2.75, 3.05) is 24.5 Å². The lowest BCUT2D eigenvalue weighted by Crippen LogP contribution is -2.35. The highest BCUT2D eigenvalue weighted by Gasteiger charge is 2.41. The summed E-state index contributed by atoms with van der Waals surface area (Å²) in [6.45, 7) is 4.66. The van der Waals surface area contributed by atoms with Gasteiger partial charge in [-0.15, -0.1) is 0 Å². The van der Waals surface area contributed by atoms with Gasteiger partial charge < -0.3 is 4.90 Å². The van der Waals surface area contributed by atoms with E-state index >= 15 is 0 Å². The maximum Gasteiger partial charge on any atom is 0.244 e. The minimum absolute atomic E-state index is 0.334. The predicted octanol–water partition coefficient (Wildman–Crippen LogP) is 2.88. The van der Waals surface area contributed by atoms with E-state index in [1.807, 2.05) is 6.07 Å². The molecule has 0 amide bonds. The SMILES string of the molecule is CC1CN(c2ccc(S(=O)(=O)N3CCCC3)cn2)C2CCCCC12. The third kappa shape index (κ3) is 2.73. The number of rotatable bonds is 3. The molecule has 2 aliphatic heterocycles. The first-order valence-electron chi connectivity index (χ1n) is 9.30. The van der Waals surface area contributed by atoms with Crippen LogP contribution >= 0.6 is 0 Å². The summed E-state index contributed by atoms with van der Waals surface area (Å²) >= 11 is 0. The van der Waals surface area contributed by atoms with Gasteiger partial charge in [0.1, 0.15) is 10.7 Å². The average molecular weight is 350 g/mol. The van der Waals surface area contributed by atoms with Crippen LogP contribution in [0, 0.1) is 11.8 Å². The summed E-state index contributed by atoms with van der Waals surface area (Å²) in [5.74, 6) is 2.41. The highest BCUT2D eigenvalue weighted by Crippen LogP contribution is 2.41. The van der Waals surface area contributed by atoms with Crippen LogP contribution in [0.3, 0.4) is 0 Å². The van der Waals surface area contributed by atoms with Gasteiger partial charge in [-0.05, 0) is 49.7 Å². The lowest BCUT2D eigenvalue weighted by Gasteiger charge is -2.32. The topological polar surface area (TPSA) is 53.5 Å². The molecule has 3 atom stereocenters. The van der Waals surface area contributed by atoms with Crippen LogP contribution in [0.5, 0.6) is 0 Å². The number of fused-ring (bicyclic) bond motifs is 1. The van der Waals surface area contributed by atoms with Crippen LogP contribution in [-0.4, -0.2) is 43.4 Å². The van der Waals surface area contributed by atoms with Gasteiger partial charge in [-0.2, -0.15) is 4.31 Å². The molecular weight excluding hydrogens is 322 g/mol. The Morgan fingerprint density at radius 1 is 1.08 bits per heavy atom. The van der Waals surface area contributed by atoms with Gasteiger partial charge in [-0.1, -0.05) is 19.8 Å². The van der Waals surface area contributed by atoms with Crippen LogP contribution in [-0.2, 0) is 10.0 Å². The van der Waals surface area contributed by atoms with Crippen LogP contribution in [0.15, 0.2) is 23.2 Å². The van der Waals surface area contributed by atoms with Gasteiger partial charge in [0.2, 0.25) is 10.0 Å². The molecule has 3 heterocycles. The third-order valence-corrected chi connectivity index (χ3v) is 8.00. The van der Waals surface area contributed by atoms with Crippen molar-refractivity contribution >= 4 is 15.8 Å². The number of sulfonamides is 1. The highest BCUT2D eigenvalue weighted by atomic mass is 32.2. The molecule has 0 aromatic carbocycles. The van der Waals surface area contributed by atoms with E-state index in [2.05, 4.69) is 16.8 Å². The summed E-state index contributed by atoms with van der Waals surface area (Å²) < 4.78 is 26.8. The molecule has 4 rings (SSSR count). The normalized spacial score (nSPS) is 31.4. The van der Waals surface area contributed by atoms with E-state index in [-0.39, 0.29) is 0 Å². The minimum Gasteiger partial charge on any atom is -0.353 e. The number of nitrogens with zero attached hydrogens (tertiary/aromatic N) is 3. The molecule has 1 aromatic rings. The van der Waals surface area contributed by atoms with Gasteiger partial charge in [0.05, 0.1) is 0 Å². The molecule has 3 aliphatic rings. The Kier molecular flexibility index (Phi) is 4.29. The van der Waals surface area contributed by atoms with E-state index in [1.165, 1.54) is 25.7 Å². The molecule has 1 aliphatic carbocycles. The lowest BCUT2D eigenvalue weighted by atomic mass is 9.80. The summed E-state index contributed by atoms with van der Waals surface area (Å²) in [6.07, 6.45) is 8.68. The van der Waals surface area contributed by atoms with Crippen molar-refractivity contribution in [3.8, 4) is 0 Å². The number of hydrogen-bond acceptors (Lipinski definition) is 4. The van der Waals surface area contributed by atoms with E-state index < -0.39 is 10.0 Å². The van der Waals surface area contributed by atoms with E-state index in [4.69, 9.17) is 0 Å². The van der Waals surface area contributed by atoms with Crippen LogP contribution in [0.25, 0.3) is 0 Å². The summed E-state index contributed by atoms with van der Waals surface area (Å²) in [7, 11) is -3.36. The molecule has 0 spiro atoms. The molecule has 1 saturated carbocycles. The molecule has 132 valence electrons. The first-order chi connectivity index (χ1) is 11.6. The fourth-order valence-corrected chi connectivity index (χ4v) is 6.27. The monoisotopic (exact) mass is 349 g/mol. The fourth-order valence-electron chi connectivity index (χ4n) is 4.81. The molecule has 3 unspecified atom stereocenters. The number of pyridine rings is 1. The standard InChI is InChI=1S/C18H27N3O2S/c1-14-13-21(17-7-3-2-6-16(14)17)18-9-8-15(12-19-18)24(22,23)20-10-4-5-11-20/h8-9,12,14,16-17H,2-7,10-11,13H2,1H3. The van der Waals surface area contributed by atoms with Gasteiger partial charge in [0.15, 0.2) is 0 Å². The van der Waals surface area contributed by atoms with Crippen molar-refractivity contribution in [2.24, 2.45) is 11.8 Å². The van der Waals surface area contributed by atoms with Crippen molar-refractivity contribution in [1.82, 2.24) is 9.29 Å². The van der Waals surface area contributed by atoms with Crippen molar-refractivity contribution in [1.29, 1.82) is 0 Å². The summed E-state index contributed by atoms with van der Waals surface area (Å²) in [5, 5.41) is 0. The molecule has 2 saturated heterocycles. The second-order valence-corrected chi connectivity index (χ2v) is 9.55. The fraction of sp³-hybridized carbons (Fsp3) is 0.722. The quantitative estimate of drug-likeness (QED) is 0.842. The zero-order valence-corrected chi connectivity index (χ0v) is 15.2. The molecule has 0 radical (unpaired) electrons. The largest absolute Gasteiger partial charge is 0.353 e. The van der Waals surface area contributed by atoms with Crippen molar-refractivity contribution < 1.29 is 8.42 Å². The number of anilines is 1. The molecule has 24 heavy (non-hydrogen) atoms. The van der Waals surface area contributed by atoms with Crippen LogP contribution in [0.2, 0.25) is 0 Å². The van der Waals surface area contributed by atoms with Gasteiger partial charge in [-0.3, -0.25) is 0 Å². The molecule has 6 heteroatoms. The van der Waals surface area contributed by atoms with Gasteiger partial charge in [0.25, 0.3) is 0 Å². The Bertz CT molecular complexity index is 683. The highest BCUT2D eigenvalue weighted by molar-refractivity contribution is 7.89. The van der Waals surface area contributed by atoms with E-state index in [0.717, 1.165) is 31.1 Å². The Morgan fingerprint density at radius 3 is 2.54 bits per heavy atom. The van der Waals surface area contributed by atoms with Crippen LogP contribution < -0.4 is 4.90 Å². The number of hydrogen-bond donors (Lipinski definition) is 0. The van der Waals surface area contributed by atoms with Crippen LogP contribution in [0.4, 0.5) is 5.82 Å². The maximum atomic E-state index is 12.6. The Morgan fingerprint density at radius 2 is 1.83 bits per heavy atom. The Balaban J connectivity index is 1.56.